The zero-order chi connectivity index (χ0) is 8.97. The highest BCUT2D eigenvalue weighted by atomic mass is 14.0. The van der Waals surface area contributed by atoms with Crippen LogP contribution < -0.4 is 0 Å². The van der Waals surface area contributed by atoms with Gasteiger partial charge >= 0.3 is 0 Å². The Morgan fingerprint density at radius 2 is 1.83 bits per heavy atom. The van der Waals surface area contributed by atoms with Gasteiger partial charge in [0, 0.05) is 0 Å². The van der Waals surface area contributed by atoms with Gasteiger partial charge in [-0.05, 0) is 36.8 Å². The van der Waals surface area contributed by atoms with Gasteiger partial charge in [0.1, 0.15) is 0 Å². The third kappa shape index (κ3) is 2.69. The van der Waals surface area contributed by atoms with Crippen LogP contribution in [0, 0.1) is 12.8 Å². The van der Waals surface area contributed by atoms with E-state index in [4.69, 9.17) is 0 Å². The number of hydrogen-bond donors (Lipinski definition) is 0. The molecule has 0 saturated carbocycles. The van der Waals surface area contributed by atoms with Crippen LogP contribution in [-0.4, -0.2) is 0 Å². The van der Waals surface area contributed by atoms with Crippen LogP contribution in [0.5, 0.6) is 0 Å². The molecule has 12 heavy (non-hydrogen) atoms. The second kappa shape index (κ2) is 4.30. The molecular weight excluding hydrogens is 144 g/mol. The molecule has 0 amide bonds. The minimum atomic E-state index is 1.19. The van der Waals surface area contributed by atoms with Gasteiger partial charge in [0.25, 0.3) is 0 Å². The number of hydrogen-bond acceptors (Lipinski definition) is 0. The van der Waals surface area contributed by atoms with Crippen molar-refractivity contribution >= 4 is 0 Å². The van der Waals surface area contributed by atoms with Crippen LogP contribution in [0.4, 0.5) is 0 Å². The van der Waals surface area contributed by atoms with E-state index in [2.05, 4.69) is 45.0 Å². The Labute approximate surface area is 75.6 Å². The maximum atomic E-state index is 2.22. The smallest absolute Gasteiger partial charge is 0.0271 e. The van der Waals surface area contributed by atoms with Crippen molar-refractivity contribution in [2.45, 2.75) is 33.6 Å². The lowest BCUT2D eigenvalue weighted by Crippen LogP contribution is -1.92. The summed E-state index contributed by atoms with van der Waals surface area (Å²) in [7, 11) is 0. The lowest BCUT2D eigenvalue weighted by atomic mass is 9.99. The molecule has 65 valence electrons. The summed E-state index contributed by atoms with van der Waals surface area (Å²) in [6.45, 7) is 6.57. The fourth-order valence-corrected chi connectivity index (χ4v) is 1.28. The van der Waals surface area contributed by atoms with Gasteiger partial charge in [0.15, 0.2) is 0 Å². The Balaban J connectivity index is 2.57. The van der Waals surface area contributed by atoms with E-state index in [0.29, 0.717) is 0 Å². The molecule has 0 N–H and O–H groups in total. The third-order valence-electron chi connectivity index (χ3n) is 2.16. The van der Waals surface area contributed by atoms with Crippen molar-refractivity contribution < 1.29 is 0 Å². The highest BCUT2D eigenvalue weighted by Crippen LogP contribution is 2.13. The summed E-state index contributed by atoms with van der Waals surface area (Å²) < 4.78 is 0. The normalized spacial score (nSPS) is 10.7. The molecule has 0 nitrogen and oxygen atoms in total. The number of benzene rings is 1. The number of rotatable bonds is 3. The van der Waals surface area contributed by atoms with Crippen LogP contribution in [-0.2, 0) is 6.42 Å². The fraction of sp³-hybridized carbons (Fsp3) is 0.417. The van der Waals surface area contributed by atoms with Crippen molar-refractivity contribution in [3.8, 4) is 0 Å². The van der Waals surface area contributed by atoms with Crippen molar-refractivity contribution in [2.75, 3.05) is 0 Å². The molecule has 0 bridgehead atoms. The molecular formula is C12H17. The molecule has 0 aliphatic rings. The second-order valence-electron chi connectivity index (χ2n) is 3.63. The van der Waals surface area contributed by atoms with Gasteiger partial charge in [-0.25, -0.2) is 0 Å². The monoisotopic (exact) mass is 161 g/mol. The lowest BCUT2D eigenvalue weighted by Gasteiger charge is -2.06. The van der Waals surface area contributed by atoms with E-state index in [-0.39, 0.29) is 0 Å². The molecule has 0 aromatic heterocycles. The molecule has 0 fully saturated rings. The summed E-state index contributed by atoms with van der Waals surface area (Å²) in [6, 6.07) is 8.62. The lowest BCUT2D eigenvalue weighted by molar-refractivity contribution is 0.827. The fourth-order valence-electron chi connectivity index (χ4n) is 1.28. The first kappa shape index (κ1) is 9.31. The molecule has 0 unspecified atom stereocenters. The summed E-state index contributed by atoms with van der Waals surface area (Å²) in [6.07, 6.45) is 2.40. The van der Waals surface area contributed by atoms with Gasteiger partial charge in [-0.3, -0.25) is 0 Å². The second-order valence-corrected chi connectivity index (χ2v) is 3.63. The van der Waals surface area contributed by atoms with E-state index in [1.54, 1.807) is 0 Å². The van der Waals surface area contributed by atoms with Crippen LogP contribution in [0.15, 0.2) is 24.3 Å². The average molecular weight is 161 g/mol. The molecule has 1 aromatic carbocycles. The predicted octanol–water partition coefficient (Wildman–Crippen LogP) is 3.54. The molecule has 1 aromatic rings. The van der Waals surface area contributed by atoms with Crippen molar-refractivity contribution in [1.82, 2.24) is 0 Å². The van der Waals surface area contributed by atoms with Gasteiger partial charge in [0.2, 0.25) is 0 Å². The molecule has 1 rings (SSSR count). The summed E-state index contributed by atoms with van der Waals surface area (Å²) in [4.78, 5) is 0. The van der Waals surface area contributed by atoms with Gasteiger partial charge in [0.05, 0.1) is 0 Å². The first-order chi connectivity index (χ1) is 5.70. The highest BCUT2D eigenvalue weighted by Gasteiger charge is 1.98. The first-order valence-electron chi connectivity index (χ1n) is 4.53. The van der Waals surface area contributed by atoms with Gasteiger partial charge in [-0.15, -0.1) is 0 Å². The molecule has 0 heterocycles. The van der Waals surface area contributed by atoms with Crippen LogP contribution in [0.2, 0.25) is 0 Å². The van der Waals surface area contributed by atoms with Crippen molar-refractivity contribution in [3.05, 3.63) is 41.3 Å². The highest BCUT2D eigenvalue weighted by molar-refractivity contribution is 5.25. The van der Waals surface area contributed by atoms with Crippen LogP contribution in [0.25, 0.3) is 0 Å². The van der Waals surface area contributed by atoms with Gasteiger partial charge in [-0.1, -0.05) is 38.1 Å². The van der Waals surface area contributed by atoms with E-state index in [1.807, 2.05) is 0 Å². The summed E-state index contributed by atoms with van der Waals surface area (Å²) in [5, 5.41) is 0. The number of aryl methyl sites for hydroxylation is 2. The minimum absolute atomic E-state index is 1.19. The molecule has 0 aliphatic carbocycles. The molecule has 0 spiro atoms. The summed E-state index contributed by atoms with van der Waals surface area (Å²) >= 11 is 0. The minimum Gasteiger partial charge on any atom is -0.0620 e. The van der Waals surface area contributed by atoms with Crippen molar-refractivity contribution in [1.29, 1.82) is 0 Å². The third-order valence-corrected chi connectivity index (χ3v) is 2.16. The van der Waals surface area contributed by atoms with Crippen LogP contribution in [0.1, 0.15) is 31.4 Å². The van der Waals surface area contributed by atoms with E-state index < -0.39 is 0 Å². The molecule has 0 saturated heterocycles. The largest absolute Gasteiger partial charge is 0.0620 e. The summed E-state index contributed by atoms with van der Waals surface area (Å²) in [5.74, 6) is 1.51. The Kier molecular flexibility index (Phi) is 3.33. The van der Waals surface area contributed by atoms with Crippen molar-refractivity contribution in [3.63, 3.8) is 0 Å². The maximum absolute atomic E-state index is 2.22. The molecule has 0 aliphatic heterocycles. The standard InChI is InChI=1S/C12H17/c1-10(2)8-9-12-7-5-4-6-11(12)3/h4-7H,8-9H2,1-3H3. The quantitative estimate of drug-likeness (QED) is 0.636. The zero-order valence-corrected chi connectivity index (χ0v) is 8.22. The average Bonchev–Trinajstić information content (AvgIpc) is 2.03. The van der Waals surface area contributed by atoms with E-state index in [1.165, 1.54) is 29.9 Å². The first-order valence-corrected chi connectivity index (χ1v) is 4.53. The SMILES string of the molecule is C[C](C)CCc1ccccc1C. The molecule has 1 radical (unpaired) electrons. The van der Waals surface area contributed by atoms with E-state index in [9.17, 15) is 0 Å². The summed E-state index contributed by atoms with van der Waals surface area (Å²) in [5.41, 5.74) is 2.90. The van der Waals surface area contributed by atoms with Crippen molar-refractivity contribution in [2.24, 2.45) is 0 Å². The van der Waals surface area contributed by atoms with Gasteiger partial charge < -0.3 is 0 Å². The molecule has 0 heteroatoms. The Morgan fingerprint density at radius 1 is 1.17 bits per heavy atom. The topological polar surface area (TPSA) is 0 Å². The molecule has 0 atom stereocenters. The maximum Gasteiger partial charge on any atom is -0.0271 e. The van der Waals surface area contributed by atoms with Gasteiger partial charge in [-0.2, -0.15) is 0 Å². The Hall–Kier alpha value is -0.780. The Bertz CT molecular complexity index is 236. The predicted molar refractivity (Wildman–Crippen MR) is 54.1 cm³/mol. The van der Waals surface area contributed by atoms with E-state index in [0.717, 1.165) is 0 Å². The zero-order valence-electron chi connectivity index (χ0n) is 8.22. The van der Waals surface area contributed by atoms with Crippen LogP contribution >= 0.6 is 0 Å². The Morgan fingerprint density at radius 3 is 2.42 bits per heavy atom. The van der Waals surface area contributed by atoms with Crippen LogP contribution in [0.3, 0.4) is 0 Å². The van der Waals surface area contributed by atoms with E-state index >= 15 is 0 Å².